The SMILES string of the molecule is CCC(C)C(Cl)c1c(OC)cnn1CCN(C)C. The molecule has 2 atom stereocenters. The van der Waals surface area contributed by atoms with Gasteiger partial charge in [0.05, 0.1) is 30.9 Å². The number of rotatable bonds is 7. The van der Waals surface area contributed by atoms with Crippen LogP contribution in [0.5, 0.6) is 5.75 Å². The maximum atomic E-state index is 6.55. The Hall–Kier alpha value is -0.740. The average Bonchev–Trinajstić information content (AvgIpc) is 2.77. The maximum absolute atomic E-state index is 6.55. The van der Waals surface area contributed by atoms with E-state index < -0.39 is 0 Å². The first kappa shape index (κ1) is 15.3. The lowest BCUT2D eigenvalue weighted by Crippen LogP contribution is -2.21. The third-order valence-electron chi connectivity index (χ3n) is 3.23. The molecule has 0 aliphatic heterocycles. The van der Waals surface area contributed by atoms with Crippen molar-refractivity contribution in [1.29, 1.82) is 0 Å². The van der Waals surface area contributed by atoms with Gasteiger partial charge in [-0.3, -0.25) is 4.68 Å². The van der Waals surface area contributed by atoms with Crippen molar-refractivity contribution in [3.05, 3.63) is 11.9 Å². The number of alkyl halides is 1. The molecule has 1 rings (SSSR count). The smallest absolute Gasteiger partial charge is 0.161 e. The molecular formula is C13H24ClN3O. The first-order chi connectivity index (χ1) is 8.51. The number of halogens is 1. The van der Waals surface area contributed by atoms with Crippen molar-refractivity contribution in [2.75, 3.05) is 27.7 Å². The summed E-state index contributed by atoms with van der Waals surface area (Å²) < 4.78 is 7.33. The van der Waals surface area contributed by atoms with Gasteiger partial charge in [-0.2, -0.15) is 5.10 Å². The lowest BCUT2D eigenvalue weighted by molar-refractivity contribution is 0.359. The largest absolute Gasteiger partial charge is 0.493 e. The van der Waals surface area contributed by atoms with Gasteiger partial charge in [-0.1, -0.05) is 20.3 Å². The molecule has 0 aromatic carbocycles. The van der Waals surface area contributed by atoms with Gasteiger partial charge in [0, 0.05) is 6.54 Å². The second-order valence-electron chi connectivity index (χ2n) is 4.91. The first-order valence-corrected chi connectivity index (χ1v) is 6.83. The molecule has 1 heterocycles. The van der Waals surface area contributed by atoms with Crippen LogP contribution in [0, 0.1) is 5.92 Å². The van der Waals surface area contributed by atoms with Crippen LogP contribution in [0.4, 0.5) is 0 Å². The zero-order valence-corrected chi connectivity index (χ0v) is 12.7. The van der Waals surface area contributed by atoms with Gasteiger partial charge in [0.1, 0.15) is 0 Å². The molecule has 104 valence electrons. The number of ether oxygens (including phenoxy) is 1. The van der Waals surface area contributed by atoms with Crippen LogP contribution in [0.1, 0.15) is 31.3 Å². The third-order valence-corrected chi connectivity index (χ3v) is 3.87. The molecule has 2 unspecified atom stereocenters. The van der Waals surface area contributed by atoms with Crippen LogP contribution < -0.4 is 4.74 Å². The van der Waals surface area contributed by atoms with E-state index in [4.69, 9.17) is 16.3 Å². The average molecular weight is 274 g/mol. The lowest BCUT2D eigenvalue weighted by Gasteiger charge is -2.20. The highest BCUT2D eigenvalue weighted by molar-refractivity contribution is 6.21. The molecule has 4 nitrogen and oxygen atoms in total. The highest BCUT2D eigenvalue weighted by Gasteiger charge is 2.24. The van der Waals surface area contributed by atoms with E-state index in [1.807, 2.05) is 18.8 Å². The van der Waals surface area contributed by atoms with Crippen LogP contribution in [-0.4, -0.2) is 42.4 Å². The minimum atomic E-state index is -0.0605. The summed E-state index contributed by atoms with van der Waals surface area (Å²) in [5.41, 5.74) is 0.996. The van der Waals surface area contributed by atoms with E-state index in [1.165, 1.54) is 0 Å². The topological polar surface area (TPSA) is 30.3 Å². The second-order valence-corrected chi connectivity index (χ2v) is 5.38. The summed E-state index contributed by atoms with van der Waals surface area (Å²) >= 11 is 6.55. The van der Waals surface area contributed by atoms with Crippen molar-refractivity contribution >= 4 is 11.6 Å². The van der Waals surface area contributed by atoms with E-state index in [0.717, 1.165) is 31.0 Å². The highest BCUT2D eigenvalue weighted by atomic mass is 35.5. The Morgan fingerprint density at radius 3 is 2.67 bits per heavy atom. The van der Waals surface area contributed by atoms with Gasteiger partial charge in [-0.15, -0.1) is 11.6 Å². The van der Waals surface area contributed by atoms with Crippen LogP contribution in [-0.2, 0) is 6.54 Å². The molecule has 1 aromatic heterocycles. The van der Waals surface area contributed by atoms with Crippen molar-refractivity contribution in [2.45, 2.75) is 32.2 Å². The van der Waals surface area contributed by atoms with Gasteiger partial charge < -0.3 is 9.64 Å². The van der Waals surface area contributed by atoms with Gasteiger partial charge in [-0.05, 0) is 20.0 Å². The van der Waals surface area contributed by atoms with Crippen molar-refractivity contribution in [2.24, 2.45) is 5.92 Å². The molecule has 0 radical (unpaired) electrons. The molecule has 0 aliphatic rings. The van der Waals surface area contributed by atoms with Crippen LogP contribution in [0.3, 0.4) is 0 Å². The maximum Gasteiger partial charge on any atom is 0.161 e. The summed E-state index contributed by atoms with van der Waals surface area (Å²) in [6, 6.07) is 0. The summed E-state index contributed by atoms with van der Waals surface area (Å²) in [5, 5.41) is 4.32. The number of methoxy groups -OCH3 is 1. The van der Waals surface area contributed by atoms with E-state index in [2.05, 4.69) is 23.8 Å². The predicted octanol–water partition coefficient (Wildman–Crippen LogP) is 2.78. The Morgan fingerprint density at radius 1 is 1.50 bits per heavy atom. The van der Waals surface area contributed by atoms with Gasteiger partial charge in [0.15, 0.2) is 5.75 Å². The Balaban J connectivity index is 2.94. The minimum Gasteiger partial charge on any atom is -0.493 e. The standard InChI is InChI=1S/C13H24ClN3O/c1-6-10(2)12(14)13-11(18-5)9-15-17(13)8-7-16(3)4/h9-10,12H,6-8H2,1-5H3. The molecule has 18 heavy (non-hydrogen) atoms. The van der Waals surface area contributed by atoms with Crippen LogP contribution in [0.2, 0.25) is 0 Å². The molecular weight excluding hydrogens is 250 g/mol. The van der Waals surface area contributed by atoms with E-state index in [0.29, 0.717) is 5.92 Å². The minimum absolute atomic E-state index is 0.0605. The van der Waals surface area contributed by atoms with Crippen molar-refractivity contribution in [3.8, 4) is 5.75 Å². The molecule has 0 amide bonds. The second kappa shape index (κ2) is 7.00. The lowest BCUT2D eigenvalue weighted by atomic mass is 10.0. The molecule has 5 heteroatoms. The van der Waals surface area contributed by atoms with Crippen molar-refractivity contribution in [1.82, 2.24) is 14.7 Å². The van der Waals surface area contributed by atoms with Gasteiger partial charge >= 0.3 is 0 Å². The van der Waals surface area contributed by atoms with E-state index in [1.54, 1.807) is 13.3 Å². The molecule has 0 bridgehead atoms. The molecule has 1 aromatic rings. The predicted molar refractivity (Wildman–Crippen MR) is 75.4 cm³/mol. The quantitative estimate of drug-likeness (QED) is 0.716. The van der Waals surface area contributed by atoms with Gasteiger partial charge in [0.2, 0.25) is 0 Å². The Kier molecular flexibility index (Phi) is 5.96. The van der Waals surface area contributed by atoms with Gasteiger partial charge in [0.25, 0.3) is 0 Å². The fraction of sp³-hybridized carbons (Fsp3) is 0.769. The van der Waals surface area contributed by atoms with E-state index >= 15 is 0 Å². The molecule has 0 aliphatic carbocycles. The summed E-state index contributed by atoms with van der Waals surface area (Å²) in [6.07, 6.45) is 2.79. The van der Waals surface area contributed by atoms with Crippen LogP contribution in [0.25, 0.3) is 0 Å². The molecule has 0 fully saturated rings. The molecule has 0 saturated carbocycles. The number of likely N-dealkylation sites (N-methyl/N-ethyl adjacent to an activating group) is 1. The fourth-order valence-electron chi connectivity index (χ4n) is 1.76. The summed E-state index contributed by atoms with van der Waals surface area (Å²) in [6.45, 7) is 6.06. The number of hydrogen-bond donors (Lipinski definition) is 0. The third kappa shape index (κ3) is 3.62. The molecule has 0 saturated heterocycles. The molecule has 0 N–H and O–H groups in total. The Morgan fingerprint density at radius 2 is 2.17 bits per heavy atom. The van der Waals surface area contributed by atoms with Crippen LogP contribution in [0.15, 0.2) is 6.20 Å². The fourth-order valence-corrected chi connectivity index (χ4v) is 2.16. The number of aromatic nitrogens is 2. The van der Waals surface area contributed by atoms with Crippen molar-refractivity contribution < 1.29 is 4.74 Å². The monoisotopic (exact) mass is 273 g/mol. The number of nitrogens with zero attached hydrogens (tertiary/aromatic N) is 3. The number of hydrogen-bond acceptors (Lipinski definition) is 3. The zero-order valence-electron chi connectivity index (χ0n) is 12.0. The van der Waals surface area contributed by atoms with Crippen LogP contribution >= 0.6 is 11.6 Å². The highest BCUT2D eigenvalue weighted by Crippen LogP contribution is 2.36. The normalized spacial score (nSPS) is 14.8. The Labute approximate surface area is 115 Å². The zero-order chi connectivity index (χ0) is 13.7. The summed E-state index contributed by atoms with van der Waals surface area (Å²) in [7, 11) is 5.76. The summed E-state index contributed by atoms with van der Waals surface area (Å²) in [5.74, 6) is 1.18. The van der Waals surface area contributed by atoms with E-state index in [9.17, 15) is 0 Å². The molecule has 0 spiro atoms. The van der Waals surface area contributed by atoms with Gasteiger partial charge in [-0.25, -0.2) is 0 Å². The van der Waals surface area contributed by atoms with E-state index in [-0.39, 0.29) is 5.38 Å². The summed E-state index contributed by atoms with van der Waals surface area (Å²) in [4.78, 5) is 2.13. The Bertz CT molecular complexity index is 365. The van der Waals surface area contributed by atoms with Crippen molar-refractivity contribution in [3.63, 3.8) is 0 Å². The first-order valence-electron chi connectivity index (χ1n) is 6.39.